The number of carbonyl (C=O) groups excluding carboxylic acids is 1. The molecule has 5 nitrogen and oxygen atoms in total. The molecule has 1 N–H and O–H groups in total. The Morgan fingerprint density at radius 3 is 2.23 bits per heavy atom. The molecule has 0 unspecified atom stereocenters. The molecule has 0 bridgehead atoms. The fraction of sp³-hybridized carbons (Fsp3) is 0.360. The number of para-hydroxylation sites is 1. The smallest absolute Gasteiger partial charge is 0.224 e. The van der Waals surface area contributed by atoms with Crippen LogP contribution in [0.2, 0.25) is 0 Å². The number of nitrogens with one attached hydrogen (secondary N) is 1. The summed E-state index contributed by atoms with van der Waals surface area (Å²) in [6.45, 7) is 8.38. The summed E-state index contributed by atoms with van der Waals surface area (Å²) in [5.41, 5.74) is 3.93. The predicted octanol–water partition coefficient (Wildman–Crippen LogP) is 5.96. The topological polar surface area (TPSA) is 60.5 Å². The average Bonchev–Trinajstić information content (AvgIpc) is 2.77. The zero-order valence-corrected chi connectivity index (χ0v) is 18.6. The third-order valence-corrected chi connectivity index (χ3v) is 5.73. The van der Waals surface area contributed by atoms with Crippen molar-refractivity contribution < 1.29 is 14.3 Å². The van der Waals surface area contributed by atoms with Crippen LogP contribution in [0.3, 0.4) is 0 Å². The van der Waals surface area contributed by atoms with Gasteiger partial charge >= 0.3 is 0 Å². The number of methoxy groups -OCH3 is 2. The third kappa shape index (κ3) is 4.11. The Morgan fingerprint density at radius 1 is 1.03 bits per heavy atom. The van der Waals surface area contributed by atoms with Crippen LogP contribution in [0.1, 0.15) is 46.1 Å². The van der Waals surface area contributed by atoms with Crippen molar-refractivity contribution in [2.75, 3.05) is 19.5 Å². The van der Waals surface area contributed by atoms with Crippen molar-refractivity contribution in [3.8, 4) is 22.8 Å². The van der Waals surface area contributed by atoms with Crippen molar-refractivity contribution in [3.63, 3.8) is 0 Å². The molecule has 0 aliphatic carbocycles. The molecule has 0 aliphatic rings. The van der Waals surface area contributed by atoms with Gasteiger partial charge in [-0.25, -0.2) is 4.98 Å². The molecule has 5 heteroatoms. The fourth-order valence-corrected chi connectivity index (χ4v) is 3.38. The summed E-state index contributed by atoms with van der Waals surface area (Å²) in [5, 5.41) is 3.95. The van der Waals surface area contributed by atoms with E-state index >= 15 is 0 Å². The second-order valence-corrected chi connectivity index (χ2v) is 7.97. The molecular weight excluding hydrogens is 376 g/mol. The molecule has 0 aliphatic heterocycles. The van der Waals surface area contributed by atoms with Gasteiger partial charge in [0.1, 0.15) is 17.2 Å². The minimum absolute atomic E-state index is 0.0326. The Labute approximate surface area is 178 Å². The van der Waals surface area contributed by atoms with Gasteiger partial charge in [0.25, 0.3) is 0 Å². The summed E-state index contributed by atoms with van der Waals surface area (Å²) in [7, 11) is 3.29. The van der Waals surface area contributed by atoms with Gasteiger partial charge in [0, 0.05) is 11.8 Å². The molecule has 0 saturated heterocycles. The Kier molecular flexibility index (Phi) is 6.30. The number of ether oxygens (including phenoxy) is 2. The zero-order chi connectivity index (χ0) is 21.9. The first-order valence-corrected chi connectivity index (χ1v) is 10.3. The normalized spacial score (nSPS) is 11.4. The Hall–Kier alpha value is -3.08. The molecule has 1 aromatic heterocycles. The number of fused-ring (bicyclic) bond motifs is 1. The number of hydrogen-bond donors (Lipinski definition) is 1. The van der Waals surface area contributed by atoms with Gasteiger partial charge in [-0.05, 0) is 41.7 Å². The van der Waals surface area contributed by atoms with Gasteiger partial charge < -0.3 is 14.8 Å². The molecule has 0 spiro atoms. The van der Waals surface area contributed by atoms with E-state index in [-0.39, 0.29) is 11.3 Å². The highest BCUT2D eigenvalue weighted by atomic mass is 16.5. The molecule has 0 fully saturated rings. The number of pyridine rings is 1. The highest BCUT2D eigenvalue weighted by Crippen LogP contribution is 2.45. The lowest BCUT2D eigenvalue weighted by Gasteiger charge is -2.26. The van der Waals surface area contributed by atoms with E-state index < -0.39 is 0 Å². The lowest BCUT2D eigenvalue weighted by Crippen LogP contribution is -2.16. The number of benzene rings is 2. The number of carbonyl (C=O) groups is 1. The summed E-state index contributed by atoms with van der Waals surface area (Å²) < 4.78 is 11.6. The van der Waals surface area contributed by atoms with Crippen LogP contribution in [-0.4, -0.2) is 25.1 Å². The van der Waals surface area contributed by atoms with E-state index in [1.54, 1.807) is 14.2 Å². The second kappa shape index (κ2) is 8.74. The highest BCUT2D eigenvalue weighted by molar-refractivity contribution is 5.99. The van der Waals surface area contributed by atoms with E-state index in [1.165, 1.54) is 0 Å². The SMILES string of the molecule is CCC(=O)Nc1cc2ccccc2nc1-c1c(OC)cc(C(C)(C)CC)cc1OC. The molecular formula is C25H30N2O3. The fourth-order valence-electron chi connectivity index (χ4n) is 3.38. The molecule has 1 heterocycles. The Bertz CT molecular complexity index is 1050. The van der Waals surface area contributed by atoms with Gasteiger partial charge in [-0.3, -0.25) is 4.79 Å². The van der Waals surface area contributed by atoms with Crippen LogP contribution in [0.5, 0.6) is 11.5 Å². The first kappa shape index (κ1) is 21.6. The van der Waals surface area contributed by atoms with Crippen LogP contribution in [0.4, 0.5) is 5.69 Å². The molecule has 3 aromatic rings. The summed E-state index contributed by atoms with van der Waals surface area (Å²) in [6, 6.07) is 13.9. The molecule has 158 valence electrons. The standard InChI is InChI=1S/C25H30N2O3/c1-7-22(28)26-19-13-16-11-9-10-12-18(16)27-24(19)23-20(29-5)14-17(15-21(23)30-6)25(3,4)8-2/h9-15H,7-8H2,1-6H3,(H,26,28). The van der Waals surface area contributed by atoms with E-state index in [2.05, 4.69) is 26.1 Å². The van der Waals surface area contributed by atoms with Gasteiger partial charge in [0.05, 0.1) is 31.0 Å². The summed E-state index contributed by atoms with van der Waals surface area (Å²) >= 11 is 0. The van der Waals surface area contributed by atoms with Crippen molar-refractivity contribution in [2.24, 2.45) is 0 Å². The van der Waals surface area contributed by atoms with Crippen molar-refractivity contribution in [1.82, 2.24) is 4.98 Å². The average molecular weight is 407 g/mol. The second-order valence-electron chi connectivity index (χ2n) is 7.97. The minimum atomic E-state index is -0.0741. The van der Waals surface area contributed by atoms with Gasteiger partial charge in [-0.2, -0.15) is 0 Å². The lowest BCUT2D eigenvalue weighted by molar-refractivity contribution is -0.115. The Morgan fingerprint density at radius 2 is 1.67 bits per heavy atom. The first-order chi connectivity index (χ1) is 14.3. The van der Waals surface area contributed by atoms with E-state index in [4.69, 9.17) is 14.5 Å². The van der Waals surface area contributed by atoms with Crippen molar-refractivity contribution in [2.45, 2.75) is 46.0 Å². The molecule has 0 radical (unpaired) electrons. The third-order valence-electron chi connectivity index (χ3n) is 5.73. The maximum absolute atomic E-state index is 12.2. The monoisotopic (exact) mass is 406 g/mol. The number of nitrogens with zero attached hydrogens (tertiary/aromatic N) is 1. The summed E-state index contributed by atoms with van der Waals surface area (Å²) in [4.78, 5) is 17.1. The van der Waals surface area contributed by atoms with E-state index in [0.717, 1.165) is 28.5 Å². The van der Waals surface area contributed by atoms with Crippen LogP contribution < -0.4 is 14.8 Å². The molecule has 0 atom stereocenters. The van der Waals surface area contributed by atoms with Gasteiger partial charge in [0.2, 0.25) is 5.91 Å². The van der Waals surface area contributed by atoms with Crippen molar-refractivity contribution >= 4 is 22.5 Å². The van der Waals surface area contributed by atoms with Gasteiger partial charge in [-0.15, -0.1) is 0 Å². The van der Waals surface area contributed by atoms with Crippen LogP contribution >= 0.6 is 0 Å². The number of anilines is 1. The first-order valence-electron chi connectivity index (χ1n) is 10.3. The molecule has 30 heavy (non-hydrogen) atoms. The van der Waals surface area contributed by atoms with Crippen LogP contribution in [0, 0.1) is 0 Å². The molecule has 3 rings (SSSR count). The Balaban J connectivity index is 2.32. The molecule has 1 amide bonds. The van der Waals surface area contributed by atoms with Crippen LogP contribution in [0.15, 0.2) is 42.5 Å². The minimum Gasteiger partial charge on any atom is -0.496 e. The number of rotatable bonds is 7. The zero-order valence-electron chi connectivity index (χ0n) is 18.6. The van der Waals surface area contributed by atoms with E-state index in [1.807, 2.05) is 49.4 Å². The lowest BCUT2D eigenvalue weighted by atomic mass is 9.81. The number of aromatic nitrogens is 1. The van der Waals surface area contributed by atoms with E-state index in [9.17, 15) is 4.79 Å². The van der Waals surface area contributed by atoms with Gasteiger partial charge in [-0.1, -0.05) is 45.9 Å². The molecule has 2 aromatic carbocycles. The maximum Gasteiger partial charge on any atom is 0.224 e. The van der Waals surface area contributed by atoms with Crippen molar-refractivity contribution in [1.29, 1.82) is 0 Å². The predicted molar refractivity (Wildman–Crippen MR) is 123 cm³/mol. The largest absolute Gasteiger partial charge is 0.496 e. The van der Waals surface area contributed by atoms with Crippen molar-refractivity contribution in [3.05, 3.63) is 48.0 Å². The van der Waals surface area contributed by atoms with Gasteiger partial charge in [0.15, 0.2) is 0 Å². The van der Waals surface area contributed by atoms with Crippen LogP contribution in [0.25, 0.3) is 22.2 Å². The summed E-state index contributed by atoms with van der Waals surface area (Å²) in [5.74, 6) is 1.26. The summed E-state index contributed by atoms with van der Waals surface area (Å²) in [6.07, 6.45) is 1.36. The maximum atomic E-state index is 12.2. The number of amides is 1. The molecule has 0 saturated carbocycles. The number of hydrogen-bond acceptors (Lipinski definition) is 4. The highest BCUT2D eigenvalue weighted by Gasteiger charge is 2.25. The quantitative estimate of drug-likeness (QED) is 0.526. The van der Waals surface area contributed by atoms with Crippen LogP contribution in [-0.2, 0) is 10.2 Å². The van der Waals surface area contributed by atoms with E-state index in [0.29, 0.717) is 29.3 Å².